The van der Waals surface area contributed by atoms with Crippen LogP contribution in [0.2, 0.25) is 5.02 Å². The molecule has 3 rings (SSSR count). The van der Waals surface area contributed by atoms with E-state index in [1.165, 1.54) is 5.56 Å². The monoisotopic (exact) mass is 284 g/mol. The summed E-state index contributed by atoms with van der Waals surface area (Å²) >= 11 is 5.87. The predicted molar refractivity (Wildman–Crippen MR) is 83.7 cm³/mol. The lowest BCUT2D eigenvalue weighted by atomic mass is 9.98. The van der Waals surface area contributed by atoms with E-state index >= 15 is 0 Å². The van der Waals surface area contributed by atoms with Crippen molar-refractivity contribution >= 4 is 22.4 Å². The van der Waals surface area contributed by atoms with Gasteiger partial charge < -0.3 is 0 Å². The minimum absolute atomic E-state index is 0.174. The number of halogens is 2. The van der Waals surface area contributed by atoms with Crippen LogP contribution in [0.3, 0.4) is 0 Å². The molecule has 0 unspecified atom stereocenters. The molecule has 3 aromatic carbocycles. The van der Waals surface area contributed by atoms with E-state index in [1.807, 2.05) is 42.5 Å². The van der Waals surface area contributed by atoms with Crippen molar-refractivity contribution in [2.45, 2.75) is 13.3 Å². The molecule has 0 saturated heterocycles. The average molecular weight is 285 g/mol. The van der Waals surface area contributed by atoms with Gasteiger partial charge in [-0.2, -0.15) is 0 Å². The summed E-state index contributed by atoms with van der Waals surface area (Å²) in [4.78, 5) is 0. The van der Waals surface area contributed by atoms with Gasteiger partial charge in [0.05, 0.1) is 0 Å². The highest BCUT2D eigenvalue weighted by atomic mass is 35.5. The topological polar surface area (TPSA) is 0 Å². The van der Waals surface area contributed by atoms with Gasteiger partial charge >= 0.3 is 0 Å². The second kappa shape index (κ2) is 5.26. The Kier molecular flexibility index (Phi) is 3.45. The highest BCUT2D eigenvalue weighted by Gasteiger charge is 2.09. The summed E-state index contributed by atoms with van der Waals surface area (Å²) in [5.41, 5.74) is 2.67. The third kappa shape index (κ3) is 2.30. The van der Waals surface area contributed by atoms with E-state index in [2.05, 4.69) is 6.92 Å². The van der Waals surface area contributed by atoms with E-state index in [9.17, 15) is 4.39 Å². The minimum atomic E-state index is -0.174. The van der Waals surface area contributed by atoms with Gasteiger partial charge in [-0.3, -0.25) is 0 Å². The Morgan fingerprint density at radius 2 is 1.70 bits per heavy atom. The molecule has 0 aliphatic heterocycles. The first-order valence-corrected chi connectivity index (χ1v) is 7.04. The summed E-state index contributed by atoms with van der Waals surface area (Å²) < 4.78 is 14.7. The molecule has 20 heavy (non-hydrogen) atoms. The van der Waals surface area contributed by atoms with Gasteiger partial charge in [-0.25, -0.2) is 4.39 Å². The fourth-order valence-electron chi connectivity index (χ4n) is 2.41. The number of hydrogen-bond acceptors (Lipinski definition) is 0. The number of aryl methyl sites for hydroxylation is 1. The van der Waals surface area contributed by atoms with Gasteiger partial charge in [0.25, 0.3) is 0 Å². The van der Waals surface area contributed by atoms with E-state index in [4.69, 9.17) is 11.6 Å². The van der Waals surface area contributed by atoms with Crippen molar-refractivity contribution in [3.63, 3.8) is 0 Å². The fraction of sp³-hybridized carbons (Fsp3) is 0.111. The van der Waals surface area contributed by atoms with Crippen LogP contribution < -0.4 is 0 Å². The Morgan fingerprint density at radius 1 is 0.950 bits per heavy atom. The summed E-state index contributed by atoms with van der Waals surface area (Å²) in [7, 11) is 0. The van der Waals surface area contributed by atoms with Crippen molar-refractivity contribution in [1.29, 1.82) is 0 Å². The van der Waals surface area contributed by atoms with Gasteiger partial charge in [-0.1, -0.05) is 61.0 Å². The molecule has 0 atom stereocenters. The second-order valence-electron chi connectivity index (χ2n) is 4.84. The van der Waals surface area contributed by atoms with E-state index in [0.29, 0.717) is 16.0 Å². The molecule has 0 fully saturated rings. The maximum atomic E-state index is 14.7. The Hall–Kier alpha value is -1.86. The number of fused-ring (bicyclic) bond motifs is 1. The van der Waals surface area contributed by atoms with Gasteiger partial charge in [0, 0.05) is 16.0 Å². The Labute approximate surface area is 122 Å². The molecule has 0 spiro atoms. The summed E-state index contributed by atoms with van der Waals surface area (Å²) in [5.74, 6) is -0.174. The maximum absolute atomic E-state index is 14.7. The summed E-state index contributed by atoms with van der Waals surface area (Å²) in [5, 5.41) is 2.26. The maximum Gasteiger partial charge on any atom is 0.138 e. The van der Waals surface area contributed by atoms with Crippen LogP contribution in [0.1, 0.15) is 12.5 Å². The van der Waals surface area contributed by atoms with Crippen LogP contribution in [0.5, 0.6) is 0 Å². The average Bonchev–Trinajstić information content (AvgIpc) is 2.48. The fourth-order valence-corrected chi connectivity index (χ4v) is 2.54. The van der Waals surface area contributed by atoms with E-state index < -0.39 is 0 Å². The highest BCUT2D eigenvalue weighted by molar-refractivity contribution is 6.30. The van der Waals surface area contributed by atoms with Crippen molar-refractivity contribution in [1.82, 2.24) is 0 Å². The zero-order valence-electron chi connectivity index (χ0n) is 11.2. The normalized spacial score (nSPS) is 10.9. The molecular formula is C18H14ClF. The van der Waals surface area contributed by atoms with Gasteiger partial charge in [-0.05, 0) is 35.1 Å². The van der Waals surface area contributed by atoms with E-state index in [0.717, 1.165) is 17.4 Å². The number of benzene rings is 3. The predicted octanol–water partition coefficient (Wildman–Crippen LogP) is 5.86. The standard InChI is InChI=1S/C18H14ClF/c1-2-12-3-9-17-14(11-12)6-10-16(18(17)20)13-4-7-15(19)8-5-13/h3-11H,2H2,1H3. The zero-order chi connectivity index (χ0) is 14.1. The van der Waals surface area contributed by atoms with Crippen molar-refractivity contribution in [2.75, 3.05) is 0 Å². The first kappa shape index (κ1) is 13.1. The molecule has 0 aromatic heterocycles. The first-order valence-electron chi connectivity index (χ1n) is 6.66. The number of hydrogen-bond donors (Lipinski definition) is 0. The largest absolute Gasteiger partial charge is 0.206 e. The van der Waals surface area contributed by atoms with Crippen LogP contribution in [0.4, 0.5) is 4.39 Å². The van der Waals surface area contributed by atoms with Crippen molar-refractivity contribution < 1.29 is 4.39 Å². The van der Waals surface area contributed by atoms with Crippen LogP contribution >= 0.6 is 11.6 Å². The van der Waals surface area contributed by atoms with E-state index in [1.54, 1.807) is 12.1 Å². The Bertz CT molecular complexity index is 760. The molecule has 2 heteroatoms. The van der Waals surface area contributed by atoms with Gasteiger partial charge in [0.2, 0.25) is 0 Å². The van der Waals surface area contributed by atoms with Crippen molar-refractivity contribution in [3.8, 4) is 11.1 Å². The van der Waals surface area contributed by atoms with Crippen LogP contribution in [0, 0.1) is 5.82 Å². The third-order valence-corrected chi connectivity index (χ3v) is 3.83. The van der Waals surface area contributed by atoms with E-state index in [-0.39, 0.29) is 5.82 Å². The molecule has 0 aliphatic rings. The molecule has 3 aromatic rings. The smallest absolute Gasteiger partial charge is 0.138 e. The molecule has 0 aliphatic carbocycles. The Balaban J connectivity index is 2.18. The lowest BCUT2D eigenvalue weighted by Gasteiger charge is -2.08. The quantitative estimate of drug-likeness (QED) is 0.553. The van der Waals surface area contributed by atoms with Crippen molar-refractivity contribution in [2.24, 2.45) is 0 Å². The minimum Gasteiger partial charge on any atom is -0.206 e. The molecule has 0 radical (unpaired) electrons. The number of rotatable bonds is 2. The van der Waals surface area contributed by atoms with Gasteiger partial charge in [-0.15, -0.1) is 0 Å². The first-order chi connectivity index (χ1) is 9.69. The van der Waals surface area contributed by atoms with Gasteiger partial charge in [0.1, 0.15) is 5.82 Å². The molecule has 0 nitrogen and oxygen atoms in total. The summed E-state index contributed by atoms with van der Waals surface area (Å²) in [6.07, 6.45) is 0.955. The Morgan fingerprint density at radius 3 is 2.40 bits per heavy atom. The van der Waals surface area contributed by atoms with Crippen LogP contribution in [0.25, 0.3) is 21.9 Å². The molecule has 0 amide bonds. The lowest BCUT2D eigenvalue weighted by Crippen LogP contribution is -1.88. The third-order valence-electron chi connectivity index (χ3n) is 3.58. The SMILES string of the molecule is CCc1ccc2c(F)c(-c3ccc(Cl)cc3)ccc2c1. The lowest BCUT2D eigenvalue weighted by molar-refractivity contribution is 0.643. The van der Waals surface area contributed by atoms with Gasteiger partial charge in [0.15, 0.2) is 0 Å². The molecule has 0 heterocycles. The molecular weight excluding hydrogens is 271 g/mol. The van der Waals surface area contributed by atoms with Crippen molar-refractivity contribution in [3.05, 3.63) is 71.0 Å². The summed E-state index contributed by atoms with van der Waals surface area (Å²) in [6, 6.07) is 16.9. The second-order valence-corrected chi connectivity index (χ2v) is 5.28. The zero-order valence-corrected chi connectivity index (χ0v) is 11.9. The molecule has 0 saturated carbocycles. The molecule has 0 N–H and O–H groups in total. The van der Waals surface area contributed by atoms with Crippen LogP contribution in [-0.2, 0) is 6.42 Å². The molecule has 0 bridgehead atoms. The highest BCUT2D eigenvalue weighted by Crippen LogP contribution is 2.30. The summed E-state index contributed by atoms with van der Waals surface area (Å²) in [6.45, 7) is 2.10. The van der Waals surface area contributed by atoms with Crippen LogP contribution in [-0.4, -0.2) is 0 Å². The van der Waals surface area contributed by atoms with Crippen LogP contribution in [0.15, 0.2) is 54.6 Å². The molecule has 100 valence electrons.